The fourth-order valence-electron chi connectivity index (χ4n) is 2.67. The summed E-state index contributed by atoms with van der Waals surface area (Å²) in [5.74, 6) is 0.439. The molecular formula is C20H13ClFN3O. The van der Waals surface area contributed by atoms with Gasteiger partial charge >= 0.3 is 0 Å². The second-order valence-electron chi connectivity index (χ2n) is 5.69. The standard InChI is InChI=1S/C20H13ClFN3O/c21-17-11-15(22)7-5-14(17)6-8-19-24-25-20(26-19)12-18-16-4-2-1-3-13(16)9-10-23-18/h1-11H,12H2. The third-order valence-electron chi connectivity index (χ3n) is 3.93. The Morgan fingerprint density at radius 3 is 2.81 bits per heavy atom. The lowest BCUT2D eigenvalue weighted by molar-refractivity contribution is 0.495. The van der Waals surface area contributed by atoms with E-state index in [4.69, 9.17) is 16.0 Å². The van der Waals surface area contributed by atoms with Gasteiger partial charge in [0.2, 0.25) is 11.8 Å². The van der Waals surface area contributed by atoms with Crippen LogP contribution >= 0.6 is 11.6 Å². The number of pyridine rings is 1. The van der Waals surface area contributed by atoms with Gasteiger partial charge in [-0.1, -0.05) is 41.9 Å². The molecule has 0 atom stereocenters. The highest BCUT2D eigenvalue weighted by atomic mass is 35.5. The maximum atomic E-state index is 13.1. The highest BCUT2D eigenvalue weighted by molar-refractivity contribution is 6.32. The molecule has 0 unspecified atom stereocenters. The minimum absolute atomic E-state index is 0.320. The van der Waals surface area contributed by atoms with Gasteiger partial charge in [0.15, 0.2) is 0 Å². The Morgan fingerprint density at radius 2 is 1.92 bits per heavy atom. The molecule has 0 aliphatic rings. The maximum absolute atomic E-state index is 13.1. The summed E-state index contributed by atoms with van der Waals surface area (Å²) < 4.78 is 18.7. The van der Waals surface area contributed by atoms with Crippen molar-refractivity contribution in [1.29, 1.82) is 0 Å². The lowest BCUT2D eigenvalue weighted by atomic mass is 10.1. The van der Waals surface area contributed by atoms with Crippen molar-refractivity contribution in [2.45, 2.75) is 6.42 Å². The number of hydrogen-bond donors (Lipinski definition) is 0. The molecule has 0 radical (unpaired) electrons. The van der Waals surface area contributed by atoms with E-state index in [1.807, 2.05) is 30.3 Å². The molecule has 4 aromatic rings. The number of halogens is 2. The molecule has 0 aliphatic heterocycles. The van der Waals surface area contributed by atoms with Crippen LogP contribution in [-0.2, 0) is 6.42 Å². The van der Waals surface area contributed by atoms with E-state index < -0.39 is 0 Å². The monoisotopic (exact) mass is 365 g/mol. The summed E-state index contributed by atoms with van der Waals surface area (Å²) in [5.41, 5.74) is 1.55. The zero-order chi connectivity index (χ0) is 17.9. The fourth-order valence-corrected chi connectivity index (χ4v) is 2.90. The molecule has 2 aromatic heterocycles. The van der Waals surface area contributed by atoms with Gasteiger partial charge < -0.3 is 4.42 Å². The second kappa shape index (κ2) is 7.06. The van der Waals surface area contributed by atoms with Gasteiger partial charge in [-0.15, -0.1) is 10.2 Å². The summed E-state index contributed by atoms with van der Waals surface area (Å²) in [5, 5.41) is 10.6. The molecule has 0 saturated carbocycles. The molecule has 0 aliphatic carbocycles. The minimum Gasteiger partial charge on any atom is -0.421 e. The number of nitrogens with zero attached hydrogens (tertiary/aromatic N) is 3. The van der Waals surface area contributed by atoms with Gasteiger partial charge in [0.1, 0.15) is 5.82 Å². The number of benzene rings is 2. The van der Waals surface area contributed by atoms with E-state index in [0.29, 0.717) is 28.8 Å². The van der Waals surface area contributed by atoms with Crippen molar-refractivity contribution in [3.05, 3.63) is 88.6 Å². The fraction of sp³-hybridized carbons (Fsp3) is 0.0500. The van der Waals surface area contributed by atoms with Crippen LogP contribution in [0.2, 0.25) is 5.02 Å². The molecule has 2 aromatic carbocycles. The first-order chi connectivity index (χ1) is 12.7. The summed E-state index contributed by atoms with van der Waals surface area (Å²) in [6, 6.07) is 14.2. The van der Waals surface area contributed by atoms with Crippen molar-refractivity contribution in [3.63, 3.8) is 0 Å². The van der Waals surface area contributed by atoms with Crippen LogP contribution in [0, 0.1) is 5.82 Å². The maximum Gasteiger partial charge on any atom is 0.240 e. The summed E-state index contributed by atoms with van der Waals surface area (Å²) in [4.78, 5) is 4.43. The van der Waals surface area contributed by atoms with E-state index in [1.54, 1.807) is 24.4 Å². The minimum atomic E-state index is -0.380. The molecule has 4 rings (SSSR count). The van der Waals surface area contributed by atoms with Crippen LogP contribution in [0.15, 0.2) is 59.1 Å². The number of hydrogen-bond acceptors (Lipinski definition) is 4. The van der Waals surface area contributed by atoms with Gasteiger partial charge in [-0.05, 0) is 35.2 Å². The number of rotatable bonds is 4. The molecule has 128 valence electrons. The van der Waals surface area contributed by atoms with Crippen molar-refractivity contribution in [2.24, 2.45) is 0 Å². The lowest BCUT2D eigenvalue weighted by Gasteiger charge is -2.02. The molecular weight excluding hydrogens is 353 g/mol. The quantitative estimate of drug-likeness (QED) is 0.500. The molecule has 0 bridgehead atoms. The van der Waals surface area contributed by atoms with Crippen LogP contribution in [0.4, 0.5) is 4.39 Å². The van der Waals surface area contributed by atoms with Crippen molar-refractivity contribution in [3.8, 4) is 0 Å². The van der Waals surface area contributed by atoms with E-state index in [9.17, 15) is 4.39 Å². The number of aromatic nitrogens is 3. The third-order valence-corrected chi connectivity index (χ3v) is 4.25. The molecule has 0 fully saturated rings. The number of fused-ring (bicyclic) bond motifs is 1. The summed E-state index contributed by atoms with van der Waals surface area (Å²) in [6.07, 6.45) is 5.56. The van der Waals surface area contributed by atoms with Crippen LogP contribution in [-0.4, -0.2) is 15.2 Å². The molecule has 0 spiro atoms. The van der Waals surface area contributed by atoms with Gasteiger partial charge in [0.05, 0.1) is 17.1 Å². The Hall–Kier alpha value is -3.05. The van der Waals surface area contributed by atoms with Crippen molar-refractivity contribution in [1.82, 2.24) is 15.2 Å². The summed E-state index contributed by atoms with van der Waals surface area (Å²) in [7, 11) is 0. The van der Waals surface area contributed by atoms with Gasteiger partial charge in [0.25, 0.3) is 0 Å². The Bertz CT molecular complexity index is 1100. The van der Waals surface area contributed by atoms with Crippen LogP contribution in [0.1, 0.15) is 23.0 Å². The Balaban J connectivity index is 1.55. The zero-order valence-electron chi connectivity index (χ0n) is 13.6. The second-order valence-corrected chi connectivity index (χ2v) is 6.10. The zero-order valence-corrected chi connectivity index (χ0v) is 14.3. The predicted octanol–water partition coefficient (Wildman–Crippen LogP) is 5.17. The largest absolute Gasteiger partial charge is 0.421 e. The highest BCUT2D eigenvalue weighted by Gasteiger charge is 2.09. The first-order valence-corrected chi connectivity index (χ1v) is 8.35. The SMILES string of the molecule is Fc1ccc(C=Cc2nnc(Cc3nccc4ccccc34)o2)c(Cl)c1. The van der Waals surface area contributed by atoms with Gasteiger partial charge in [0, 0.05) is 17.7 Å². The molecule has 6 heteroatoms. The highest BCUT2D eigenvalue weighted by Crippen LogP contribution is 2.21. The van der Waals surface area contributed by atoms with Crippen molar-refractivity contribution in [2.75, 3.05) is 0 Å². The van der Waals surface area contributed by atoms with Crippen molar-refractivity contribution < 1.29 is 8.81 Å². The van der Waals surface area contributed by atoms with E-state index in [0.717, 1.165) is 16.5 Å². The molecule has 4 nitrogen and oxygen atoms in total. The Labute approximate surface area is 154 Å². The van der Waals surface area contributed by atoms with Crippen LogP contribution in [0.3, 0.4) is 0 Å². The first kappa shape index (κ1) is 16.4. The topological polar surface area (TPSA) is 51.8 Å². The van der Waals surface area contributed by atoms with Crippen molar-refractivity contribution >= 4 is 34.5 Å². The van der Waals surface area contributed by atoms with Gasteiger partial charge in [-0.25, -0.2) is 4.39 Å². The van der Waals surface area contributed by atoms with E-state index in [1.165, 1.54) is 12.1 Å². The molecule has 0 saturated heterocycles. The van der Waals surface area contributed by atoms with E-state index in [-0.39, 0.29) is 5.82 Å². The van der Waals surface area contributed by atoms with E-state index in [2.05, 4.69) is 15.2 Å². The van der Waals surface area contributed by atoms with Gasteiger partial charge in [-0.2, -0.15) is 0 Å². The molecule has 0 N–H and O–H groups in total. The Kier molecular flexibility index (Phi) is 4.46. The average Bonchev–Trinajstić information content (AvgIpc) is 3.09. The summed E-state index contributed by atoms with van der Waals surface area (Å²) >= 11 is 6.00. The summed E-state index contributed by atoms with van der Waals surface area (Å²) in [6.45, 7) is 0. The van der Waals surface area contributed by atoms with Crippen LogP contribution in [0.5, 0.6) is 0 Å². The average molecular weight is 366 g/mol. The Morgan fingerprint density at radius 1 is 1.04 bits per heavy atom. The predicted molar refractivity (Wildman–Crippen MR) is 99.2 cm³/mol. The van der Waals surface area contributed by atoms with E-state index >= 15 is 0 Å². The third kappa shape index (κ3) is 3.48. The molecule has 26 heavy (non-hydrogen) atoms. The smallest absolute Gasteiger partial charge is 0.240 e. The first-order valence-electron chi connectivity index (χ1n) is 7.97. The normalized spacial score (nSPS) is 11.5. The lowest BCUT2D eigenvalue weighted by Crippen LogP contribution is -1.93. The molecule has 2 heterocycles. The molecule has 0 amide bonds. The van der Waals surface area contributed by atoms with Gasteiger partial charge in [-0.3, -0.25) is 4.98 Å². The van der Waals surface area contributed by atoms with Crippen LogP contribution < -0.4 is 0 Å². The van der Waals surface area contributed by atoms with Crippen LogP contribution in [0.25, 0.3) is 22.9 Å².